The number of aromatic hydroxyl groups is 2. The van der Waals surface area contributed by atoms with Crippen LogP contribution in [0.2, 0.25) is 0 Å². The molecule has 0 saturated carbocycles. The van der Waals surface area contributed by atoms with Gasteiger partial charge in [0.05, 0.1) is 36.5 Å². The number of benzene rings is 2. The predicted octanol–water partition coefficient (Wildman–Crippen LogP) is 1.52. The van der Waals surface area contributed by atoms with Crippen molar-refractivity contribution in [3.05, 3.63) is 51.6 Å². The van der Waals surface area contributed by atoms with E-state index >= 15 is 0 Å². The van der Waals surface area contributed by atoms with E-state index in [1.807, 2.05) is 0 Å². The number of morpholine rings is 1. The van der Waals surface area contributed by atoms with Gasteiger partial charge in [0.15, 0.2) is 18.3 Å². The van der Waals surface area contributed by atoms with Crippen molar-refractivity contribution in [2.75, 3.05) is 54.1 Å². The Morgan fingerprint density at radius 2 is 1.77 bits per heavy atom. The highest BCUT2D eigenvalue weighted by Crippen LogP contribution is 2.47. The minimum Gasteiger partial charge on any atom is -0.507 e. The van der Waals surface area contributed by atoms with Gasteiger partial charge >= 0.3 is 0 Å². The molecule has 7 rings (SSSR count). The quantitative estimate of drug-likeness (QED) is 0.224. The Balaban J connectivity index is 0.000000201. The number of carbonyl (C=O) groups excluding carboxylic acids is 3. The minimum atomic E-state index is -0.565. The lowest BCUT2D eigenvalue weighted by atomic mass is 9.75. The third-order valence-corrected chi connectivity index (χ3v) is 9.85. The lowest BCUT2D eigenvalue weighted by Crippen LogP contribution is -2.53. The van der Waals surface area contributed by atoms with Crippen LogP contribution in [0.15, 0.2) is 18.2 Å². The maximum absolute atomic E-state index is 13.2. The van der Waals surface area contributed by atoms with Crippen LogP contribution in [0.25, 0.3) is 0 Å². The number of fused-ring (bicyclic) bond motifs is 6. The summed E-state index contributed by atoms with van der Waals surface area (Å²) in [5.41, 5.74) is 0.547. The molecule has 0 bridgehead atoms. The second kappa shape index (κ2) is 13.9. The Hall–Kier alpha value is -3.59. The zero-order valence-electron chi connectivity index (χ0n) is 27.2. The number of nitrogens with one attached hydrogen (secondary N) is 2. The molecule has 5 unspecified atom stereocenters. The average Bonchev–Trinajstić information content (AvgIpc) is 3.49. The first-order valence-corrected chi connectivity index (χ1v) is 16.2. The Bertz CT molecular complexity index is 1550. The molecule has 6 atom stereocenters. The molecule has 13 heteroatoms. The third kappa shape index (κ3) is 5.89. The summed E-state index contributed by atoms with van der Waals surface area (Å²) in [5, 5.41) is 27.7. The van der Waals surface area contributed by atoms with Crippen molar-refractivity contribution in [3.63, 3.8) is 0 Å². The van der Waals surface area contributed by atoms with Gasteiger partial charge in [-0.25, -0.2) is 0 Å². The number of rotatable bonds is 6. The van der Waals surface area contributed by atoms with Crippen LogP contribution in [0.1, 0.15) is 62.7 Å². The van der Waals surface area contributed by atoms with Gasteiger partial charge in [0, 0.05) is 62.0 Å². The highest BCUT2D eigenvalue weighted by atomic mass is 16.7. The Morgan fingerprint density at radius 1 is 1.00 bits per heavy atom. The molecule has 0 spiro atoms. The van der Waals surface area contributed by atoms with Gasteiger partial charge < -0.3 is 44.5 Å². The molecule has 254 valence electrons. The Kier molecular flexibility index (Phi) is 9.83. The topological polar surface area (TPSA) is 165 Å². The molecule has 4 N–H and O–H groups in total. The van der Waals surface area contributed by atoms with Crippen molar-refractivity contribution in [1.82, 2.24) is 15.5 Å². The van der Waals surface area contributed by atoms with Crippen LogP contribution in [0, 0.1) is 5.92 Å². The minimum absolute atomic E-state index is 0.0575. The van der Waals surface area contributed by atoms with Crippen LogP contribution < -0.4 is 15.4 Å². The first kappa shape index (κ1) is 33.3. The number of ether oxygens (including phenoxy) is 5. The zero-order chi connectivity index (χ0) is 33.4. The van der Waals surface area contributed by atoms with Crippen LogP contribution in [-0.4, -0.2) is 117 Å². The van der Waals surface area contributed by atoms with Crippen molar-refractivity contribution in [2.24, 2.45) is 5.92 Å². The number of ketones is 2. The Morgan fingerprint density at radius 3 is 2.51 bits per heavy atom. The molecular formula is C34H43N3O10. The Labute approximate surface area is 273 Å². The van der Waals surface area contributed by atoms with E-state index in [9.17, 15) is 24.6 Å². The van der Waals surface area contributed by atoms with Crippen LogP contribution in [0.5, 0.6) is 17.2 Å². The summed E-state index contributed by atoms with van der Waals surface area (Å²) in [4.78, 5) is 41.3. The number of likely N-dealkylation sites (N-methyl/N-ethyl adjacent to an activating group) is 1. The van der Waals surface area contributed by atoms with Gasteiger partial charge in [-0.1, -0.05) is 12.1 Å². The fraction of sp³-hybridized carbons (Fsp3) is 0.559. The lowest BCUT2D eigenvalue weighted by molar-refractivity contribution is -0.246. The number of phenolic OH excluding ortho intramolecular Hbond substituents is 2. The van der Waals surface area contributed by atoms with Crippen LogP contribution in [-0.2, 0) is 36.6 Å². The molecule has 3 heterocycles. The molecule has 13 nitrogen and oxygen atoms in total. The van der Waals surface area contributed by atoms with Gasteiger partial charge in [-0.3, -0.25) is 19.3 Å². The maximum atomic E-state index is 13.2. The van der Waals surface area contributed by atoms with E-state index in [0.717, 1.165) is 26.2 Å². The summed E-state index contributed by atoms with van der Waals surface area (Å²) >= 11 is 0. The number of hydrogen-bond donors (Lipinski definition) is 4. The fourth-order valence-electron chi connectivity index (χ4n) is 7.47. The van der Waals surface area contributed by atoms with Gasteiger partial charge in [-0.05, 0) is 45.7 Å². The highest BCUT2D eigenvalue weighted by molar-refractivity contribution is 6.31. The van der Waals surface area contributed by atoms with E-state index in [4.69, 9.17) is 23.7 Å². The number of phenols is 2. The highest BCUT2D eigenvalue weighted by Gasteiger charge is 2.51. The summed E-state index contributed by atoms with van der Waals surface area (Å²) in [7, 11) is 4.85. The fourth-order valence-corrected chi connectivity index (χ4v) is 7.47. The predicted molar refractivity (Wildman–Crippen MR) is 168 cm³/mol. The summed E-state index contributed by atoms with van der Waals surface area (Å²) in [5.74, 6) is -2.06. The molecule has 0 aromatic heterocycles. The second-order valence-corrected chi connectivity index (χ2v) is 12.4. The van der Waals surface area contributed by atoms with Crippen molar-refractivity contribution in [2.45, 2.75) is 63.4 Å². The molecule has 2 aromatic carbocycles. The van der Waals surface area contributed by atoms with Crippen molar-refractivity contribution in [1.29, 1.82) is 0 Å². The van der Waals surface area contributed by atoms with Gasteiger partial charge in [0.1, 0.15) is 23.4 Å². The van der Waals surface area contributed by atoms with E-state index in [2.05, 4.69) is 22.5 Å². The smallest absolute Gasteiger partial charge is 0.223 e. The van der Waals surface area contributed by atoms with E-state index in [0.29, 0.717) is 43.1 Å². The van der Waals surface area contributed by atoms with E-state index in [1.165, 1.54) is 13.2 Å². The van der Waals surface area contributed by atoms with Crippen LogP contribution in [0.3, 0.4) is 0 Å². The first-order valence-electron chi connectivity index (χ1n) is 16.2. The average molecular weight is 654 g/mol. The molecule has 1 amide bonds. The molecule has 2 aliphatic carbocycles. The number of methoxy groups -OCH3 is 2. The van der Waals surface area contributed by atoms with E-state index in [1.54, 1.807) is 26.3 Å². The summed E-state index contributed by atoms with van der Waals surface area (Å²) in [6.07, 6.45) is 2.02. The van der Waals surface area contributed by atoms with Crippen LogP contribution >= 0.6 is 0 Å². The summed E-state index contributed by atoms with van der Waals surface area (Å²) < 4.78 is 27.8. The number of hydrogen-bond acceptors (Lipinski definition) is 12. The van der Waals surface area contributed by atoms with Gasteiger partial charge in [0.25, 0.3) is 0 Å². The molecule has 3 fully saturated rings. The molecule has 3 aliphatic heterocycles. The first-order chi connectivity index (χ1) is 22.7. The normalized spacial score (nSPS) is 27.7. The second-order valence-electron chi connectivity index (χ2n) is 12.4. The number of nitrogens with zero attached hydrogens (tertiary/aromatic N) is 1. The third-order valence-electron chi connectivity index (χ3n) is 9.85. The van der Waals surface area contributed by atoms with Crippen molar-refractivity contribution in [3.8, 4) is 17.2 Å². The monoisotopic (exact) mass is 653 g/mol. The van der Waals surface area contributed by atoms with Crippen LogP contribution in [0.4, 0.5) is 0 Å². The molecule has 2 aromatic rings. The van der Waals surface area contributed by atoms with Gasteiger partial charge in [-0.2, -0.15) is 0 Å². The standard InChI is InChI=1S/C23H24N2O6.C11H19NO4/c1-24-8-9-25-23(30)11-6-7-12-14(10-11)21(28)17-18(19(12)26)22(29)16-13(20(17)27)4-3-5-15(16)31-2;1-7-9-8(3-5-14-7)12-4-6-15-11(13-2)10(12)16-9/h3-5,11,24,26,28H,6-10H2,1-2H3,(H,25,30);7-11H,3-6H2,1-2H3/t11-;/m0./s1. The van der Waals surface area contributed by atoms with Crippen molar-refractivity contribution >= 4 is 17.5 Å². The molecule has 47 heavy (non-hydrogen) atoms. The van der Waals surface area contributed by atoms with Gasteiger partial charge in [-0.15, -0.1) is 0 Å². The molecule has 5 aliphatic rings. The maximum Gasteiger partial charge on any atom is 0.223 e. The van der Waals surface area contributed by atoms with E-state index in [-0.39, 0.29) is 76.6 Å². The van der Waals surface area contributed by atoms with Gasteiger partial charge in [0.2, 0.25) is 11.7 Å². The lowest BCUT2D eigenvalue weighted by Gasteiger charge is -2.37. The summed E-state index contributed by atoms with van der Waals surface area (Å²) in [6.45, 7) is 5.67. The van der Waals surface area contributed by atoms with E-state index < -0.39 is 17.5 Å². The molecule has 0 radical (unpaired) electrons. The number of carbonyl (C=O) groups is 3. The SMILES string of the molecule is CNCCNC(=O)[C@H]1CCc2c(O)c3c(c(O)c2C1)C(=O)c1cccc(OC)c1C3=O.COC1OCCN2C3CCOC(C)C3OC12. The number of amides is 1. The largest absolute Gasteiger partial charge is 0.507 e. The molecule has 3 saturated heterocycles. The summed E-state index contributed by atoms with van der Waals surface area (Å²) in [6, 6.07) is 5.13. The molecular weight excluding hydrogens is 610 g/mol. The van der Waals surface area contributed by atoms with Crippen molar-refractivity contribution < 1.29 is 48.3 Å². The zero-order valence-corrected chi connectivity index (χ0v) is 27.2.